The second kappa shape index (κ2) is 6.08. The van der Waals surface area contributed by atoms with E-state index in [9.17, 15) is 8.42 Å². The molecule has 0 unspecified atom stereocenters. The maximum absolute atomic E-state index is 11.9. The van der Waals surface area contributed by atoms with Crippen LogP contribution in [0.5, 0.6) is 0 Å². The quantitative estimate of drug-likeness (QED) is 0.918. The molecule has 2 atom stereocenters. The molecular formula is C13H19NO2S2. The maximum Gasteiger partial charge on any atom is 0.0501 e. The number of hydrogen-bond donors (Lipinski definition) is 1. The summed E-state index contributed by atoms with van der Waals surface area (Å²) >= 11 is 0. The molecule has 0 aliphatic carbocycles. The molecule has 0 spiro atoms. The smallest absolute Gasteiger partial charge is 0.0501 e. The van der Waals surface area contributed by atoms with E-state index in [0.717, 1.165) is 35.7 Å². The van der Waals surface area contributed by atoms with E-state index in [-0.39, 0.29) is 0 Å². The largest absolute Gasteiger partial charge is 0.317 e. The van der Waals surface area contributed by atoms with Crippen molar-refractivity contribution in [2.45, 2.75) is 28.6 Å². The normalized spacial score (nSPS) is 20.6. The van der Waals surface area contributed by atoms with Crippen molar-refractivity contribution < 1.29 is 8.42 Å². The molecule has 0 aromatic heterocycles. The molecule has 1 fully saturated rings. The second-order valence-electron chi connectivity index (χ2n) is 4.63. The highest BCUT2D eigenvalue weighted by molar-refractivity contribution is 7.85. The minimum Gasteiger partial charge on any atom is -0.317 e. The summed E-state index contributed by atoms with van der Waals surface area (Å²) in [6.45, 7) is 2.03. The van der Waals surface area contributed by atoms with E-state index >= 15 is 0 Å². The van der Waals surface area contributed by atoms with E-state index in [1.165, 1.54) is 5.56 Å². The molecule has 2 rings (SSSR count). The second-order valence-corrected chi connectivity index (χ2v) is 7.36. The SMILES string of the molecule is C[S@@](=O)c1ccc(C2CCNCC2)c([S@@](C)=O)c1. The Morgan fingerprint density at radius 2 is 1.78 bits per heavy atom. The zero-order chi connectivity index (χ0) is 13.1. The first-order valence-electron chi connectivity index (χ1n) is 6.11. The summed E-state index contributed by atoms with van der Waals surface area (Å²) in [5.74, 6) is 0.476. The number of hydrogen-bond acceptors (Lipinski definition) is 3. The minimum atomic E-state index is -1.02. The van der Waals surface area contributed by atoms with Crippen LogP contribution in [0.2, 0.25) is 0 Å². The fourth-order valence-corrected chi connectivity index (χ4v) is 3.89. The Hall–Kier alpha value is -0.520. The molecule has 0 amide bonds. The van der Waals surface area contributed by atoms with Crippen molar-refractivity contribution in [2.75, 3.05) is 25.6 Å². The van der Waals surface area contributed by atoms with Gasteiger partial charge in [-0.1, -0.05) is 6.07 Å². The average molecular weight is 285 g/mol. The van der Waals surface area contributed by atoms with Gasteiger partial charge in [0.25, 0.3) is 0 Å². The standard InChI is InChI=1S/C13H19NO2S2/c1-17(15)11-3-4-12(13(9-11)18(2)16)10-5-7-14-8-6-10/h3-4,9-10,14H,5-8H2,1-2H3/t17-,18-/m1/s1. The maximum atomic E-state index is 11.9. The summed E-state index contributed by atoms with van der Waals surface area (Å²) in [5, 5.41) is 3.34. The molecule has 0 bridgehead atoms. The summed E-state index contributed by atoms with van der Waals surface area (Å²) in [5.41, 5.74) is 1.17. The Morgan fingerprint density at radius 1 is 1.11 bits per heavy atom. The van der Waals surface area contributed by atoms with Gasteiger partial charge < -0.3 is 5.32 Å². The van der Waals surface area contributed by atoms with Crippen LogP contribution in [0.15, 0.2) is 28.0 Å². The van der Waals surface area contributed by atoms with E-state index in [4.69, 9.17) is 0 Å². The minimum absolute atomic E-state index is 0.476. The molecular weight excluding hydrogens is 266 g/mol. The monoisotopic (exact) mass is 285 g/mol. The molecule has 1 saturated heterocycles. The van der Waals surface area contributed by atoms with Crippen LogP contribution < -0.4 is 5.32 Å². The van der Waals surface area contributed by atoms with Crippen LogP contribution in [0.4, 0.5) is 0 Å². The first kappa shape index (κ1) is 13.9. The fourth-order valence-electron chi connectivity index (χ4n) is 2.41. The number of rotatable bonds is 3. The third-order valence-corrected chi connectivity index (χ3v) is 5.30. The lowest BCUT2D eigenvalue weighted by molar-refractivity contribution is 0.455. The highest BCUT2D eigenvalue weighted by Gasteiger charge is 2.20. The molecule has 100 valence electrons. The lowest BCUT2D eigenvalue weighted by Gasteiger charge is -2.24. The van der Waals surface area contributed by atoms with Gasteiger partial charge in [-0.25, -0.2) is 0 Å². The Bertz CT molecular complexity index is 482. The van der Waals surface area contributed by atoms with Crippen molar-refractivity contribution in [3.05, 3.63) is 23.8 Å². The van der Waals surface area contributed by atoms with Crippen molar-refractivity contribution in [3.8, 4) is 0 Å². The van der Waals surface area contributed by atoms with Gasteiger partial charge in [0.15, 0.2) is 0 Å². The molecule has 18 heavy (non-hydrogen) atoms. The molecule has 1 heterocycles. The van der Waals surface area contributed by atoms with E-state index in [1.54, 1.807) is 12.5 Å². The Morgan fingerprint density at radius 3 is 2.33 bits per heavy atom. The van der Waals surface area contributed by atoms with Crippen LogP contribution in [0, 0.1) is 0 Å². The van der Waals surface area contributed by atoms with Crippen LogP contribution in [-0.2, 0) is 21.6 Å². The van der Waals surface area contributed by atoms with Crippen molar-refractivity contribution in [1.29, 1.82) is 0 Å². The van der Waals surface area contributed by atoms with Gasteiger partial charge in [-0.15, -0.1) is 0 Å². The van der Waals surface area contributed by atoms with Gasteiger partial charge >= 0.3 is 0 Å². The van der Waals surface area contributed by atoms with Crippen molar-refractivity contribution in [2.24, 2.45) is 0 Å². The molecule has 1 N–H and O–H groups in total. The average Bonchev–Trinajstić information content (AvgIpc) is 2.39. The highest BCUT2D eigenvalue weighted by Crippen LogP contribution is 2.30. The molecule has 5 heteroatoms. The molecule has 1 aliphatic rings. The van der Waals surface area contributed by atoms with E-state index in [0.29, 0.717) is 5.92 Å². The van der Waals surface area contributed by atoms with E-state index < -0.39 is 21.6 Å². The molecule has 1 aromatic rings. The van der Waals surface area contributed by atoms with Gasteiger partial charge in [0.05, 0.1) is 10.8 Å². The van der Waals surface area contributed by atoms with Crippen molar-refractivity contribution >= 4 is 21.6 Å². The zero-order valence-electron chi connectivity index (χ0n) is 10.8. The van der Waals surface area contributed by atoms with Gasteiger partial charge in [-0.2, -0.15) is 0 Å². The lowest BCUT2D eigenvalue weighted by Crippen LogP contribution is -2.27. The molecule has 0 saturated carbocycles. The Balaban J connectivity index is 2.39. The van der Waals surface area contributed by atoms with Crippen molar-refractivity contribution in [1.82, 2.24) is 5.32 Å². The molecule has 0 radical (unpaired) electrons. The molecule has 1 aromatic carbocycles. The Labute approximate surface area is 113 Å². The van der Waals surface area contributed by atoms with Gasteiger partial charge in [-0.05, 0) is 49.5 Å². The summed E-state index contributed by atoms with van der Waals surface area (Å²) in [6, 6.07) is 5.77. The lowest BCUT2D eigenvalue weighted by atomic mass is 9.90. The van der Waals surface area contributed by atoms with Crippen molar-refractivity contribution in [3.63, 3.8) is 0 Å². The predicted octanol–water partition coefficient (Wildman–Crippen LogP) is 1.63. The van der Waals surface area contributed by atoms with E-state index in [2.05, 4.69) is 5.32 Å². The van der Waals surface area contributed by atoms with Gasteiger partial charge in [0.2, 0.25) is 0 Å². The topological polar surface area (TPSA) is 46.2 Å². The van der Waals surface area contributed by atoms with Crippen LogP contribution in [0.1, 0.15) is 24.3 Å². The summed E-state index contributed by atoms with van der Waals surface area (Å²) in [7, 11) is -2.04. The predicted molar refractivity (Wildman–Crippen MR) is 76.0 cm³/mol. The fraction of sp³-hybridized carbons (Fsp3) is 0.538. The zero-order valence-corrected chi connectivity index (χ0v) is 12.4. The van der Waals surface area contributed by atoms with Crippen LogP contribution in [0.25, 0.3) is 0 Å². The third-order valence-electron chi connectivity index (χ3n) is 3.41. The third kappa shape index (κ3) is 3.08. The number of benzene rings is 1. The summed E-state index contributed by atoms with van der Waals surface area (Å²) in [4.78, 5) is 1.62. The molecule has 1 aliphatic heterocycles. The van der Waals surface area contributed by atoms with Crippen LogP contribution in [0.3, 0.4) is 0 Å². The van der Waals surface area contributed by atoms with Crippen LogP contribution in [-0.4, -0.2) is 34.0 Å². The Kier molecular flexibility index (Phi) is 4.70. The first-order valence-corrected chi connectivity index (χ1v) is 9.22. The summed E-state index contributed by atoms with van der Waals surface area (Å²) in [6.07, 6.45) is 5.52. The first-order chi connectivity index (χ1) is 8.59. The van der Waals surface area contributed by atoms with Crippen LogP contribution >= 0.6 is 0 Å². The number of piperidine rings is 1. The van der Waals surface area contributed by atoms with Gasteiger partial charge in [0, 0.05) is 33.1 Å². The number of nitrogens with one attached hydrogen (secondary N) is 1. The van der Waals surface area contributed by atoms with E-state index in [1.807, 2.05) is 18.2 Å². The highest BCUT2D eigenvalue weighted by atomic mass is 32.2. The molecule has 3 nitrogen and oxygen atoms in total. The van der Waals surface area contributed by atoms with Gasteiger partial charge in [0.1, 0.15) is 0 Å². The van der Waals surface area contributed by atoms with Gasteiger partial charge in [-0.3, -0.25) is 8.42 Å². The summed E-state index contributed by atoms with van der Waals surface area (Å²) < 4.78 is 23.4.